The maximum absolute atomic E-state index is 11.9. The van der Waals surface area contributed by atoms with Crippen molar-refractivity contribution in [2.24, 2.45) is 5.73 Å². The number of ether oxygens (including phenoxy) is 2. The third kappa shape index (κ3) is 4.45. The molecular weight excluding hydrogens is 296 g/mol. The lowest BCUT2D eigenvalue weighted by Gasteiger charge is -2.20. The summed E-state index contributed by atoms with van der Waals surface area (Å²) in [5.74, 6) is 1.52. The van der Waals surface area contributed by atoms with Crippen LogP contribution in [0.3, 0.4) is 0 Å². The van der Waals surface area contributed by atoms with E-state index in [2.05, 4.69) is 5.32 Å². The quantitative estimate of drug-likeness (QED) is 0.759. The predicted octanol–water partition coefficient (Wildman–Crippen LogP) is 2.14. The van der Waals surface area contributed by atoms with Crippen molar-refractivity contribution < 1.29 is 19.4 Å². The number of benzene rings is 2. The highest BCUT2D eigenvalue weighted by Gasteiger charge is 2.27. The van der Waals surface area contributed by atoms with Gasteiger partial charge in [-0.3, -0.25) is 4.79 Å². The number of nitrogens with one attached hydrogen (secondary N) is 1. The van der Waals surface area contributed by atoms with Crippen LogP contribution in [0.4, 0.5) is 5.69 Å². The molecule has 1 amide bonds. The summed E-state index contributed by atoms with van der Waals surface area (Å²) >= 11 is 0. The molecule has 0 spiro atoms. The Morgan fingerprint density at radius 3 is 2.43 bits per heavy atom. The topological polar surface area (TPSA) is 93.8 Å². The van der Waals surface area contributed by atoms with Crippen LogP contribution in [0.2, 0.25) is 0 Å². The van der Waals surface area contributed by atoms with E-state index in [0.29, 0.717) is 22.9 Å². The van der Waals surface area contributed by atoms with Gasteiger partial charge in [0.1, 0.15) is 22.8 Å². The molecule has 0 unspecified atom stereocenters. The smallest absolute Gasteiger partial charge is 0.246 e. The predicted molar refractivity (Wildman–Crippen MR) is 87.8 cm³/mol. The summed E-state index contributed by atoms with van der Waals surface area (Å²) in [5.41, 5.74) is 4.91. The number of hydrogen-bond acceptors (Lipinski definition) is 5. The van der Waals surface area contributed by atoms with Gasteiger partial charge in [0.05, 0.1) is 13.7 Å². The Morgan fingerprint density at radius 1 is 1.17 bits per heavy atom. The molecule has 6 nitrogen and oxygen atoms in total. The molecular formula is C17H20N2O4. The molecule has 0 saturated heterocycles. The summed E-state index contributed by atoms with van der Waals surface area (Å²) in [6.07, 6.45) is 0. The molecule has 6 heteroatoms. The number of nitrogens with two attached hydrogens (primary N) is 1. The summed E-state index contributed by atoms with van der Waals surface area (Å²) in [4.78, 5) is 11.9. The lowest BCUT2D eigenvalue weighted by molar-refractivity contribution is -0.121. The van der Waals surface area contributed by atoms with E-state index in [1.807, 2.05) is 18.2 Å². The number of amides is 1. The summed E-state index contributed by atoms with van der Waals surface area (Å²) in [5, 5.41) is 11.7. The third-order valence-corrected chi connectivity index (χ3v) is 3.24. The van der Waals surface area contributed by atoms with Crippen LogP contribution in [0.5, 0.6) is 17.2 Å². The minimum Gasteiger partial charge on any atom is -0.497 e. The van der Waals surface area contributed by atoms with Crippen molar-refractivity contribution in [3.05, 3.63) is 48.5 Å². The lowest BCUT2D eigenvalue weighted by atomic mass is 10.0. The van der Waals surface area contributed by atoms with Gasteiger partial charge >= 0.3 is 0 Å². The average molecular weight is 316 g/mol. The number of methoxy groups -OCH3 is 1. The molecule has 2 aromatic carbocycles. The molecule has 0 radical (unpaired) electrons. The molecule has 0 aromatic heterocycles. The van der Waals surface area contributed by atoms with Crippen LogP contribution in [-0.2, 0) is 4.79 Å². The van der Waals surface area contributed by atoms with Crippen LogP contribution in [0, 0.1) is 0 Å². The minimum absolute atomic E-state index is 0.435. The molecule has 0 aliphatic heterocycles. The van der Waals surface area contributed by atoms with E-state index in [9.17, 15) is 4.79 Å². The highest BCUT2D eigenvalue weighted by molar-refractivity contribution is 5.97. The van der Waals surface area contributed by atoms with Crippen LogP contribution >= 0.6 is 0 Å². The maximum Gasteiger partial charge on any atom is 0.246 e. The van der Waals surface area contributed by atoms with Gasteiger partial charge < -0.3 is 25.6 Å². The molecule has 0 fully saturated rings. The van der Waals surface area contributed by atoms with Crippen molar-refractivity contribution in [3.8, 4) is 17.2 Å². The summed E-state index contributed by atoms with van der Waals surface area (Å²) < 4.78 is 10.8. The number of anilines is 1. The second-order valence-corrected chi connectivity index (χ2v) is 5.34. The van der Waals surface area contributed by atoms with E-state index in [4.69, 9.17) is 20.3 Å². The SMILES string of the molecule is COc1cccc(Oc2ccc(NC(=O)[C@@](C)(N)CO)cc2)c1. The average Bonchev–Trinajstić information content (AvgIpc) is 2.56. The van der Waals surface area contributed by atoms with Crippen molar-refractivity contribution in [2.75, 3.05) is 19.0 Å². The Balaban J connectivity index is 2.03. The maximum atomic E-state index is 11.9. The van der Waals surface area contributed by atoms with Gasteiger partial charge in [-0.25, -0.2) is 0 Å². The highest BCUT2D eigenvalue weighted by Crippen LogP contribution is 2.26. The Morgan fingerprint density at radius 2 is 1.83 bits per heavy atom. The van der Waals surface area contributed by atoms with Gasteiger partial charge in [-0.1, -0.05) is 6.07 Å². The molecule has 0 heterocycles. The van der Waals surface area contributed by atoms with Gasteiger partial charge in [0, 0.05) is 11.8 Å². The number of rotatable bonds is 6. The fourth-order valence-electron chi connectivity index (χ4n) is 1.75. The van der Waals surface area contributed by atoms with Crippen LogP contribution < -0.4 is 20.5 Å². The van der Waals surface area contributed by atoms with Gasteiger partial charge in [0.2, 0.25) is 5.91 Å². The zero-order valence-electron chi connectivity index (χ0n) is 13.1. The minimum atomic E-state index is -1.32. The van der Waals surface area contributed by atoms with E-state index in [0.717, 1.165) is 0 Å². The molecule has 1 atom stereocenters. The monoisotopic (exact) mass is 316 g/mol. The second-order valence-electron chi connectivity index (χ2n) is 5.34. The van der Waals surface area contributed by atoms with E-state index >= 15 is 0 Å². The first-order valence-corrected chi connectivity index (χ1v) is 7.08. The summed E-state index contributed by atoms with van der Waals surface area (Å²) in [7, 11) is 1.59. The van der Waals surface area contributed by atoms with E-state index in [-0.39, 0.29) is 0 Å². The van der Waals surface area contributed by atoms with Crippen molar-refractivity contribution in [2.45, 2.75) is 12.5 Å². The Labute approximate surface area is 134 Å². The van der Waals surface area contributed by atoms with Crippen molar-refractivity contribution >= 4 is 11.6 Å². The molecule has 0 aliphatic rings. The highest BCUT2D eigenvalue weighted by atomic mass is 16.5. The van der Waals surface area contributed by atoms with Gasteiger partial charge in [-0.05, 0) is 43.3 Å². The van der Waals surface area contributed by atoms with Crippen LogP contribution in [0.25, 0.3) is 0 Å². The zero-order valence-corrected chi connectivity index (χ0v) is 13.1. The van der Waals surface area contributed by atoms with Crippen molar-refractivity contribution in [1.82, 2.24) is 0 Å². The summed E-state index contributed by atoms with van der Waals surface area (Å²) in [6.45, 7) is 1.03. The molecule has 2 aromatic rings. The Bertz CT molecular complexity index is 669. The summed E-state index contributed by atoms with van der Waals surface area (Å²) in [6, 6.07) is 14.1. The van der Waals surface area contributed by atoms with E-state index < -0.39 is 18.1 Å². The number of carbonyl (C=O) groups is 1. The molecule has 4 N–H and O–H groups in total. The van der Waals surface area contributed by atoms with Crippen molar-refractivity contribution in [1.29, 1.82) is 0 Å². The third-order valence-electron chi connectivity index (χ3n) is 3.24. The molecule has 0 bridgehead atoms. The molecule has 0 saturated carbocycles. The first-order chi connectivity index (χ1) is 10.9. The first kappa shape index (κ1) is 16.8. The largest absolute Gasteiger partial charge is 0.497 e. The molecule has 2 rings (SSSR count). The van der Waals surface area contributed by atoms with Crippen LogP contribution in [0.1, 0.15) is 6.92 Å². The van der Waals surface area contributed by atoms with Gasteiger partial charge in [0.15, 0.2) is 0 Å². The van der Waals surface area contributed by atoms with Crippen LogP contribution in [0.15, 0.2) is 48.5 Å². The number of hydrogen-bond donors (Lipinski definition) is 3. The fraction of sp³-hybridized carbons (Fsp3) is 0.235. The van der Waals surface area contributed by atoms with Gasteiger partial charge in [-0.15, -0.1) is 0 Å². The molecule has 122 valence electrons. The normalized spacial score (nSPS) is 13.0. The number of carbonyl (C=O) groups excluding carboxylic acids is 1. The Kier molecular flexibility index (Phi) is 5.20. The number of aliphatic hydroxyl groups excluding tert-OH is 1. The first-order valence-electron chi connectivity index (χ1n) is 7.08. The second kappa shape index (κ2) is 7.13. The molecule has 23 heavy (non-hydrogen) atoms. The molecule has 0 aliphatic carbocycles. The zero-order chi connectivity index (χ0) is 16.9. The number of aliphatic hydroxyl groups is 1. The lowest BCUT2D eigenvalue weighted by Crippen LogP contribution is -2.51. The van der Waals surface area contributed by atoms with Crippen LogP contribution in [-0.4, -0.2) is 30.3 Å². The van der Waals surface area contributed by atoms with Crippen molar-refractivity contribution in [3.63, 3.8) is 0 Å². The standard InChI is InChI=1S/C17H20N2O4/c1-17(18,11-20)16(21)19-12-6-8-13(9-7-12)23-15-5-3-4-14(10-15)22-2/h3-10,20H,11,18H2,1-2H3,(H,19,21)/t17-/m0/s1. The van der Waals surface area contributed by atoms with Gasteiger partial charge in [0.25, 0.3) is 0 Å². The van der Waals surface area contributed by atoms with Gasteiger partial charge in [-0.2, -0.15) is 0 Å². The fourth-order valence-corrected chi connectivity index (χ4v) is 1.75. The Hall–Kier alpha value is -2.57. The van der Waals surface area contributed by atoms with E-state index in [1.165, 1.54) is 6.92 Å². The van der Waals surface area contributed by atoms with E-state index in [1.54, 1.807) is 37.4 Å².